The van der Waals surface area contributed by atoms with Crippen molar-refractivity contribution in [3.05, 3.63) is 36.3 Å². The van der Waals surface area contributed by atoms with E-state index in [1.165, 1.54) is 18.4 Å². The molecule has 0 N–H and O–H groups in total. The van der Waals surface area contributed by atoms with Crippen LogP contribution in [0.1, 0.15) is 44.3 Å². The van der Waals surface area contributed by atoms with Crippen LogP contribution >= 0.6 is 11.6 Å². The van der Waals surface area contributed by atoms with Gasteiger partial charge in [0.25, 0.3) is 0 Å². The lowest BCUT2D eigenvalue weighted by atomic mass is 10.2. The van der Waals surface area contributed by atoms with Crippen LogP contribution in [0.15, 0.2) is 30.5 Å². The Morgan fingerprint density at radius 3 is 2.76 bits per heavy atom. The van der Waals surface area contributed by atoms with E-state index in [1.807, 2.05) is 25.3 Å². The minimum Gasteiger partial charge on any atom is -0.326 e. The summed E-state index contributed by atoms with van der Waals surface area (Å²) in [7, 11) is 0. The Morgan fingerprint density at radius 2 is 2.00 bits per heavy atom. The van der Waals surface area contributed by atoms with Crippen molar-refractivity contribution in [2.45, 2.75) is 45.0 Å². The molecule has 1 unspecified atom stereocenters. The van der Waals surface area contributed by atoms with Gasteiger partial charge in [-0.3, -0.25) is 4.98 Å². The molecule has 0 bridgehead atoms. The number of imidazole rings is 1. The van der Waals surface area contributed by atoms with E-state index in [1.54, 1.807) is 0 Å². The third-order valence-corrected chi connectivity index (χ3v) is 4.05. The summed E-state index contributed by atoms with van der Waals surface area (Å²) >= 11 is 6.34. The predicted octanol–water partition coefficient (Wildman–Crippen LogP) is 5.07. The highest BCUT2D eigenvalue weighted by Crippen LogP contribution is 2.29. The van der Waals surface area contributed by atoms with E-state index in [2.05, 4.69) is 28.6 Å². The van der Waals surface area contributed by atoms with Gasteiger partial charge in [-0.1, -0.05) is 38.0 Å². The van der Waals surface area contributed by atoms with Gasteiger partial charge in [-0.05, 0) is 19.4 Å². The van der Waals surface area contributed by atoms with Gasteiger partial charge in [-0.2, -0.15) is 0 Å². The van der Waals surface area contributed by atoms with Crippen molar-refractivity contribution in [2.75, 3.05) is 0 Å². The molecule has 3 aromatic rings. The Morgan fingerprint density at radius 1 is 1.19 bits per heavy atom. The Labute approximate surface area is 130 Å². The van der Waals surface area contributed by atoms with Crippen molar-refractivity contribution in [3.63, 3.8) is 0 Å². The van der Waals surface area contributed by atoms with Gasteiger partial charge in [0.1, 0.15) is 11.3 Å². The lowest BCUT2D eigenvalue weighted by molar-refractivity contribution is 0.592. The van der Waals surface area contributed by atoms with Crippen LogP contribution in [0.5, 0.6) is 0 Å². The molecule has 3 rings (SSSR count). The van der Waals surface area contributed by atoms with E-state index in [0.29, 0.717) is 0 Å². The number of aryl methyl sites for hydroxylation is 1. The average Bonchev–Trinajstić information content (AvgIpc) is 2.87. The molecule has 21 heavy (non-hydrogen) atoms. The number of rotatable bonds is 5. The fraction of sp³-hybridized carbons (Fsp3) is 0.412. The zero-order valence-corrected chi connectivity index (χ0v) is 13.3. The molecule has 0 spiro atoms. The number of benzene rings is 1. The van der Waals surface area contributed by atoms with E-state index in [-0.39, 0.29) is 5.38 Å². The maximum atomic E-state index is 6.34. The van der Waals surface area contributed by atoms with Gasteiger partial charge >= 0.3 is 0 Å². The minimum atomic E-state index is -0.0993. The maximum absolute atomic E-state index is 6.34. The summed E-state index contributed by atoms with van der Waals surface area (Å²) in [5, 5.41) is 1.06. The van der Waals surface area contributed by atoms with E-state index in [0.717, 1.165) is 35.2 Å². The van der Waals surface area contributed by atoms with Crippen LogP contribution in [0, 0.1) is 0 Å². The summed E-state index contributed by atoms with van der Waals surface area (Å²) in [6.45, 7) is 5.16. The molecular formula is C17H20ClN3. The van der Waals surface area contributed by atoms with Gasteiger partial charge < -0.3 is 4.57 Å². The second-order valence-corrected chi connectivity index (χ2v) is 6.11. The number of fused-ring (bicyclic) bond motifs is 3. The number of unbranched alkanes of at least 4 members (excludes halogenated alkanes) is 2. The van der Waals surface area contributed by atoms with Crippen molar-refractivity contribution in [2.24, 2.45) is 0 Å². The first-order valence-corrected chi connectivity index (χ1v) is 8.04. The molecule has 0 radical (unpaired) electrons. The van der Waals surface area contributed by atoms with Crippen LogP contribution in [0.3, 0.4) is 0 Å². The van der Waals surface area contributed by atoms with Gasteiger partial charge in [0, 0.05) is 11.9 Å². The second kappa shape index (κ2) is 6.02. The Hall–Kier alpha value is -1.61. The first-order chi connectivity index (χ1) is 10.2. The molecule has 0 aliphatic heterocycles. The lowest BCUT2D eigenvalue weighted by Gasteiger charge is -2.11. The first kappa shape index (κ1) is 14.3. The standard InChI is InChI=1S/C17H20ClN3/c1-3-4-7-10-21-16-13-8-5-6-9-14(13)19-11-15(16)20-17(21)12(2)18/h5-6,8-9,11-12H,3-4,7,10H2,1-2H3. The van der Waals surface area contributed by atoms with Crippen molar-refractivity contribution < 1.29 is 0 Å². The number of hydrogen-bond donors (Lipinski definition) is 0. The summed E-state index contributed by atoms with van der Waals surface area (Å²) in [5.41, 5.74) is 3.11. The molecule has 0 saturated carbocycles. The Balaban J connectivity index is 2.23. The van der Waals surface area contributed by atoms with Crippen LogP contribution in [0.4, 0.5) is 0 Å². The Kier molecular flexibility index (Phi) is 4.11. The highest BCUT2D eigenvalue weighted by molar-refractivity contribution is 6.20. The molecule has 3 nitrogen and oxygen atoms in total. The molecule has 0 aliphatic carbocycles. The molecule has 4 heteroatoms. The maximum Gasteiger partial charge on any atom is 0.127 e. The van der Waals surface area contributed by atoms with E-state index < -0.39 is 0 Å². The molecule has 2 aromatic heterocycles. The zero-order valence-electron chi connectivity index (χ0n) is 12.5. The van der Waals surface area contributed by atoms with Crippen LogP contribution in [0.25, 0.3) is 21.9 Å². The second-order valence-electron chi connectivity index (χ2n) is 5.45. The predicted molar refractivity (Wildman–Crippen MR) is 88.8 cm³/mol. The number of nitrogens with zero attached hydrogens (tertiary/aromatic N) is 3. The van der Waals surface area contributed by atoms with Crippen molar-refractivity contribution in [1.82, 2.24) is 14.5 Å². The molecule has 1 aromatic carbocycles. The van der Waals surface area contributed by atoms with Gasteiger partial charge in [0.2, 0.25) is 0 Å². The van der Waals surface area contributed by atoms with Crippen LogP contribution in [0.2, 0.25) is 0 Å². The SMILES string of the molecule is CCCCCn1c(C(C)Cl)nc2cnc3ccccc3c21. The molecular weight excluding hydrogens is 282 g/mol. The summed E-state index contributed by atoms with van der Waals surface area (Å²) in [5.74, 6) is 0.945. The molecule has 0 saturated heterocycles. The van der Waals surface area contributed by atoms with E-state index >= 15 is 0 Å². The number of aromatic nitrogens is 3. The third-order valence-electron chi connectivity index (χ3n) is 3.85. The quantitative estimate of drug-likeness (QED) is 0.486. The van der Waals surface area contributed by atoms with E-state index in [9.17, 15) is 0 Å². The third kappa shape index (κ3) is 2.62. The van der Waals surface area contributed by atoms with Crippen LogP contribution in [-0.4, -0.2) is 14.5 Å². The summed E-state index contributed by atoms with van der Waals surface area (Å²) in [6, 6.07) is 8.23. The molecule has 2 heterocycles. The molecule has 1 atom stereocenters. The molecule has 0 aliphatic rings. The smallest absolute Gasteiger partial charge is 0.127 e. The average molecular weight is 302 g/mol. The molecule has 110 valence electrons. The lowest BCUT2D eigenvalue weighted by Crippen LogP contribution is -2.05. The van der Waals surface area contributed by atoms with Crippen LogP contribution < -0.4 is 0 Å². The number of hydrogen-bond acceptors (Lipinski definition) is 2. The topological polar surface area (TPSA) is 30.7 Å². The number of para-hydroxylation sites is 1. The van der Waals surface area contributed by atoms with Crippen molar-refractivity contribution in [1.29, 1.82) is 0 Å². The van der Waals surface area contributed by atoms with Gasteiger partial charge in [-0.15, -0.1) is 11.6 Å². The minimum absolute atomic E-state index is 0.0993. The number of alkyl halides is 1. The largest absolute Gasteiger partial charge is 0.326 e. The highest BCUT2D eigenvalue weighted by Gasteiger charge is 2.17. The van der Waals surface area contributed by atoms with Crippen molar-refractivity contribution in [3.8, 4) is 0 Å². The fourth-order valence-electron chi connectivity index (χ4n) is 2.83. The molecule has 0 amide bonds. The first-order valence-electron chi connectivity index (χ1n) is 7.60. The number of pyridine rings is 1. The summed E-state index contributed by atoms with van der Waals surface area (Å²) in [6.07, 6.45) is 5.44. The highest BCUT2D eigenvalue weighted by atomic mass is 35.5. The summed E-state index contributed by atoms with van der Waals surface area (Å²) in [4.78, 5) is 9.21. The monoisotopic (exact) mass is 301 g/mol. The van der Waals surface area contributed by atoms with Gasteiger partial charge in [0.05, 0.1) is 22.6 Å². The Bertz CT molecular complexity index is 761. The van der Waals surface area contributed by atoms with Crippen molar-refractivity contribution >= 4 is 33.5 Å². The zero-order chi connectivity index (χ0) is 14.8. The normalized spacial score (nSPS) is 13.1. The van der Waals surface area contributed by atoms with Crippen LogP contribution in [-0.2, 0) is 6.54 Å². The number of halogens is 1. The van der Waals surface area contributed by atoms with Gasteiger partial charge in [0.15, 0.2) is 0 Å². The molecule has 0 fully saturated rings. The summed E-state index contributed by atoms with van der Waals surface area (Å²) < 4.78 is 2.28. The fourth-order valence-corrected chi connectivity index (χ4v) is 3.00. The van der Waals surface area contributed by atoms with Gasteiger partial charge in [-0.25, -0.2) is 4.98 Å². The van der Waals surface area contributed by atoms with E-state index in [4.69, 9.17) is 16.6 Å².